The average molecular weight is 209 g/mol. The maximum Gasteiger partial charge on any atom is 0.249 e. The number of hydrogen-bond donors (Lipinski definition) is 6. The van der Waals surface area contributed by atoms with Crippen LogP contribution in [0.15, 0.2) is 0 Å². The molecule has 1 amide bonds. The molecule has 0 saturated carbocycles. The minimum absolute atomic E-state index is 1.18. The van der Waals surface area contributed by atoms with E-state index in [1.807, 2.05) is 0 Å². The van der Waals surface area contributed by atoms with Crippen LogP contribution in [0.5, 0.6) is 0 Å². The number of aliphatic hydroxyl groups excluding tert-OH is 5. The normalized spacial score (nSPS) is 22.1. The summed E-state index contributed by atoms with van der Waals surface area (Å²) in [6.07, 6.45) is -8.74. The zero-order chi connectivity index (χ0) is 11.5. The Hall–Kier alpha value is -0.730. The predicted octanol–water partition coefficient (Wildman–Crippen LogP) is -3.70. The molecule has 0 aromatic carbocycles. The van der Waals surface area contributed by atoms with Crippen LogP contribution in [0, 0.1) is 0 Å². The molecule has 0 spiro atoms. The zero-order valence-electron chi connectivity index (χ0n) is 7.61. The Balaban J connectivity index is 4.37. The Morgan fingerprint density at radius 1 is 1.00 bits per heavy atom. The molecule has 5 atom stereocenters. The summed E-state index contributed by atoms with van der Waals surface area (Å²) in [4.78, 5) is 10.4. The van der Waals surface area contributed by atoms with Gasteiger partial charge in [-0.25, -0.2) is 0 Å². The number of carbonyl (C=O) groups excluding carboxylic acids is 1. The van der Waals surface area contributed by atoms with E-state index in [0.29, 0.717) is 0 Å². The fraction of sp³-hybridized carbons (Fsp3) is 0.857. The fourth-order valence-corrected chi connectivity index (χ4v) is 0.842. The Labute approximate surface area is 80.4 Å². The van der Waals surface area contributed by atoms with Crippen LogP contribution >= 0.6 is 0 Å². The van der Waals surface area contributed by atoms with Gasteiger partial charge in [-0.1, -0.05) is 0 Å². The number of hydrogen-bond acceptors (Lipinski definition) is 6. The maximum absolute atomic E-state index is 10.4. The number of carbonyl (C=O) groups is 1. The molecule has 7 heteroatoms. The molecule has 0 aliphatic carbocycles. The van der Waals surface area contributed by atoms with Gasteiger partial charge in [0, 0.05) is 0 Å². The summed E-state index contributed by atoms with van der Waals surface area (Å²) in [5.74, 6) is -1.23. The van der Waals surface area contributed by atoms with E-state index in [0.717, 1.165) is 0 Å². The molecule has 0 aromatic heterocycles. The summed E-state index contributed by atoms with van der Waals surface area (Å²) in [6, 6.07) is 0. The van der Waals surface area contributed by atoms with Gasteiger partial charge < -0.3 is 31.3 Å². The van der Waals surface area contributed by atoms with Crippen LogP contribution in [0.1, 0.15) is 6.92 Å². The van der Waals surface area contributed by atoms with E-state index in [2.05, 4.69) is 5.73 Å². The van der Waals surface area contributed by atoms with Crippen LogP contribution in [0.2, 0.25) is 0 Å². The molecule has 14 heavy (non-hydrogen) atoms. The number of nitrogens with two attached hydrogens (primary N) is 1. The predicted molar refractivity (Wildman–Crippen MR) is 44.9 cm³/mol. The number of aliphatic hydroxyl groups is 5. The zero-order valence-corrected chi connectivity index (χ0v) is 7.61. The average Bonchev–Trinajstić information content (AvgIpc) is 2.12. The lowest BCUT2D eigenvalue weighted by molar-refractivity contribution is -0.150. The minimum atomic E-state index is -1.99. The smallest absolute Gasteiger partial charge is 0.249 e. The van der Waals surface area contributed by atoms with E-state index in [4.69, 9.17) is 25.5 Å². The van der Waals surface area contributed by atoms with Gasteiger partial charge in [0.2, 0.25) is 5.91 Å². The highest BCUT2D eigenvalue weighted by molar-refractivity contribution is 5.79. The van der Waals surface area contributed by atoms with Crippen molar-refractivity contribution in [2.75, 3.05) is 0 Å². The first-order chi connectivity index (χ1) is 6.29. The third kappa shape index (κ3) is 3.20. The second-order valence-corrected chi connectivity index (χ2v) is 3.06. The van der Waals surface area contributed by atoms with E-state index in [1.165, 1.54) is 6.92 Å². The molecular formula is C7H15NO6. The van der Waals surface area contributed by atoms with Gasteiger partial charge in [0.05, 0.1) is 6.10 Å². The molecule has 0 aromatic rings. The van der Waals surface area contributed by atoms with Gasteiger partial charge >= 0.3 is 0 Å². The highest BCUT2D eigenvalue weighted by Gasteiger charge is 2.34. The first-order valence-electron chi connectivity index (χ1n) is 3.98. The SMILES string of the molecule is C[C@H](O)[C@@H](O)[C@H](O)[C@H](O)[C@H](O)C(N)=O. The van der Waals surface area contributed by atoms with Gasteiger partial charge in [-0.2, -0.15) is 0 Å². The molecule has 0 radical (unpaired) electrons. The summed E-state index contributed by atoms with van der Waals surface area (Å²) in [5.41, 5.74) is 4.65. The first-order valence-corrected chi connectivity index (χ1v) is 3.98. The van der Waals surface area contributed by atoms with Gasteiger partial charge in [-0.15, -0.1) is 0 Å². The fourth-order valence-electron chi connectivity index (χ4n) is 0.842. The Kier molecular flexibility index (Phi) is 4.95. The first kappa shape index (κ1) is 13.3. The summed E-state index contributed by atoms with van der Waals surface area (Å²) in [7, 11) is 0. The van der Waals surface area contributed by atoms with E-state index < -0.39 is 36.4 Å². The third-order valence-corrected chi connectivity index (χ3v) is 1.81. The van der Waals surface area contributed by atoms with Crippen LogP contribution in [0.25, 0.3) is 0 Å². The van der Waals surface area contributed by atoms with Gasteiger partial charge in [0.1, 0.15) is 18.3 Å². The Morgan fingerprint density at radius 3 is 1.71 bits per heavy atom. The summed E-state index contributed by atoms with van der Waals surface area (Å²) >= 11 is 0. The van der Waals surface area contributed by atoms with Crippen LogP contribution in [0.3, 0.4) is 0 Å². The molecule has 0 aliphatic heterocycles. The Morgan fingerprint density at radius 2 is 1.43 bits per heavy atom. The van der Waals surface area contributed by atoms with Crippen molar-refractivity contribution in [1.82, 2.24) is 0 Å². The summed E-state index contributed by atoms with van der Waals surface area (Å²) in [6.45, 7) is 1.18. The van der Waals surface area contributed by atoms with Crippen molar-refractivity contribution in [3.8, 4) is 0 Å². The standard InChI is InChI=1S/C7H15NO6/c1-2(9)3(10)4(11)5(12)6(13)7(8)14/h2-6,9-13H,1H3,(H2,8,14)/t2-,3+,4-,5-,6-/m0/s1. The van der Waals surface area contributed by atoms with Gasteiger partial charge in [-0.3, -0.25) is 4.79 Å². The molecule has 0 aliphatic rings. The molecule has 0 fully saturated rings. The van der Waals surface area contributed by atoms with Crippen molar-refractivity contribution in [2.24, 2.45) is 5.73 Å². The van der Waals surface area contributed by atoms with Crippen LogP contribution in [-0.2, 0) is 4.79 Å². The van der Waals surface area contributed by atoms with Crippen LogP contribution in [0.4, 0.5) is 0 Å². The van der Waals surface area contributed by atoms with Crippen molar-refractivity contribution in [3.05, 3.63) is 0 Å². The molecule has 84 valence electrons. The van der Waals surface area contributed by atoms with Crippen molar-refractivity contribution in [3.63, 3.8) is 0 Å². The Bertz CT molecular complexity index is 197. The van der Waals surface area contributed by atoms with Gasteiger partial charge in [0.25, 0.3) is 0 Å². The lowest BCUT2D eigenvalue weighted by Crippen LogP contribution is -2.52. The van der Waals surface area contributed by atoms with Crippen molar-refractivity contribution < 1.29 is 30.3 Å². The quantitative estimate of drug-likeness (QED) is 0.275. The van der Waals surface area contributed by atoms with E-state index in [-0.39, 0.29) is 0 Å². The second-order valence-electron chi connectivity index (χ2n) is 3.06. The maximum atomic E-state index is 10.4. The molecule has 0 bridgehead atoms. The van der Waals surface area contributed by atoms with Gasteiger partial charge in [-0.05, 0) is 6.92 Å². The monoisotopic (exact) mass is 209 g/mol. The summed E-state index contributed by atoms with van der Waals surface area (Å²) < 4.78 is 0. The molecule has 0 saturated heterocycles. The molecular weight excluding hydrogens is 194 g/mol. The number of primary amides is 1. The molecule has 0 heterocycles. The second kappa shape index (κ2) is 5.23. The van der Waals surface area contributed by atoms with Crippen molar-refractivity contribution >= 4 is 5.91 Å². The van der Waals surface area contributed by atoms with Gasteiger partial charge in [0.15, 0.2) is 6.10 Å². The molecule has 7 nitrogen and oxygen atoms in total. The molecule has 0 unspecified atom stereocenters. The van der Waals surface area contributed by atoms with E-state index in [1.54, 1.807) is 0 Å². The number of rotatable bonds is 5. The molecule has 0 rings (SSSR count). The largest absolute Gasteiger partial charge is 0.391 e. The number of amides is 1. The highest BCUT2D eigenvalue weighted by Crippen LogP contribution is 2.07. The van der Waals surface area contributed by atoms with Crippen molar-refractivity contribution in [2.45, 2.75) is 37.4 Å². The summed E-state index contributed by atoms with van der Waals surface area (Å²) in [5, 5.41) is 45.1. The highest BCUT2D eigenvalue weighted by atomic mass is 16.4. The van der Waals surface area contributed by atoms with E-state index >= 15 is 0 Å². The third-order valence-electron chi connectivity index (χ3n) is 1.81. The van der Waals surface area contributed by atoms with Crippen LogP contribution < -0.4 is 5.73 Å². The van der Waals surface area contributed by atoms with Crippen LogP contribution in [-0.4, -0.2) is 62.0 Å². The van der Waals surface area contributed by atoms with Crippen molar-refractivity contribution in [1.29, 1.82) is 0 Å². The lowest BCUT2D eigenvalue weighted by Gasteiger charge is -2.26. The minimum Gasteiger partial charge on any atom is -0.391 e. The van der Waals surface area contributed by atoms with E-state index in [9.17, 15) is 4.79 Å². The lowest BCUT2D eigenvalue weighted by atomic mass is 10.00. The topological polar surface area (TPSA) is 144 Å². The molecule has 7 N–H and O–H groups in total.